The monoisotopic (exact) mass is 375 g/mol. The number of amides is 2. The van der Waals surface area contributed by atoms with Gasteiger partial charge in [-0.15, -0.1) is 0 Å². The molecule has 0 aliphatic heterocycles. The molecule has 0 unspecified atom stereocenters. The molecule has 0 radical (unpaired) electrons. The molecule has 7 heteroatoms. The maximum atomic E-state index is 12.2. The Balaban J connectivity index is 1.69. The van der Waals surface area contributed by atoms with Gasteiger partial charge in [0.15, 0.2) is 0 Å². The predicted octanol–water partition coefficient (Wildman–Crippen LogP) is 3.21. The zero-order valence-corrected chi connectivity index (χ0v) is 15.9. The Bertz CT molecular complexity index is 1020. The maximum absolute atomic E-state index is 12.2. The van der Waals surface area contributed by atoms with E-state index >= 15 is 0 Å². The summed E-state index contributed by atoms with van der Waals surface area (Å²) in [6, 6.07) is 12.5. The summed E-state index contributed by atoms with van der Waals surface area (Å²) in [6.07, 6.45) is 5.16. The zero-order chi connectivity index (χ0) is 20.1. The molecule has 0 spiro atoms. The average molecular weight is 375 g/mol. The molecular weight excluding hydrogens is 354 g/mol. The van der Waals surface area contributed by atoms with Crippen LogP contribution in [0.4, 0.5) is 5.69 Å². The van der Waals surface area contributed by atoms with Crippen LogP contribution < -0.4 is 10.7 Å². The fourth-order valence-corrected chi connectivity index (χ4v) is 2.93. The Labute approximate surface area is 163 Å². The molecule has 0 saturated carbocycles. The van der Waals surface area contributed by atoms with E-state index in [4.69, 9.17) is 0 Å². The van der Waals surface area contributed by atoms with Crippen molar-refractivity contribution >= 4 is 23.7 Å². The van der Waals surface area contributed by atoms with Crippen molar-refractivity contribution in [1.82, 2.24) is 15.0 Å². The number of aromatic nitrogens is 2. The summed E-state index contributed by atoms with van der Waals surface area (Å²) in [5.74, 6) is -0.489. The number of nitrogens with one attached hydrogen (secondary N) is 2. The summed E-state index contributed by atoms with van der Waals surface area (Å²) in [5, 5.41) is 6.73. The second-order valence-corrected chi connectivity index (χ2v) is 6.33. The molecule has 2 N–H and O–H groups in total. The third-order valence-corrected chi connectivity index (χ3v) is 4.21. The van der Waals surface area contributed by atoms with E-state index < -0.39 is 0 Å². The number of nitrogens with zero attached hydrogens (tertiary/aromatic N) is 3. The standard InChI is InChI=1S/C21H21N5O2/c1-14-11-18(15(2)26(14)20-5-4-10-22-13-20)12-23-25-21(28)17-6-8-19(9-7-17)24-16(3)27/h4-13H,1-3H3,(H,24,27)(H,25,28). The van der Waals surface area contributed by atoms with Gasteiger partial charge < -0.3 is 9.88 Å². The molecule has 1 aromatic carbocycles. The van der Waals surface area contributed by atoms with Crippen molar-refractivity contribution in [2.24, 2.45) is 5.10 Å². The van der Waals surface area contributed by atoms with Crippen LogP contribution in [0.3, 0.4) is 0 Å². The highest BCUT2D eigenvalue weighted by molar-refractivity contribution is 5.96. The molecule has 2 heterocycles. The molecule has 0 fully saturated rings. The third-order valence-electron chi connectivity index (χ3n) is 4.21. The molecule has 3 aromatic rings. The van der Waals surface area contributed by atoms with Crippen molar-refractivity contribution in [2.45, 2.75) is 20.8 Å². The van der Waals surface area contributed by atoms with Crippen molar-refractivity contribution in [3.63, 3.8) is 0 Å². The molecule has 0 atom stereocenters. The number of hydrogen-bond acceptors (Lipinski definition) is 4. The van der Waals surface area contributed by atoms with E-state index in [1.54, 1.807) is 42.9 Å². The quantitative estimate of drug-likeness (QED) is 0.530. The van der Waals surface area contributed by atoms with Crippen LogP contribution >= 0.6 is 0 Å². The minimum Gasteiger partial charge on any atom is -0.326 e. The number of benzene rings is 1. The van der Waals surface area contributed by atoms with E-state index in [-0.39, 0.29) is 11.8 Å². The van der Waals surface area contributed by atoms with Gasteiger partial charge in [0, 0.05) is 41.3 Å². The molecule has 0 bridgehead atoms. The lowest BCUT2D eigenvalue weighted by Crippen LogP contribution is -2.17. The molecule has 142 valence electrons. The molecule has 2 aromatic heterocycles. The fourth-order valence-electron chi connectivity index (χ4n) is 2.93. The van der Waals surface area contributed by atoms with Crippen LogP contribution in [0.15, 0.2) is 60.0 Å². The Hall–Kier alpha value is -3.74. The van der Waals surface area contributed by atoms with E-state index in [9.17, 15) is 9.59 Å². The first-order valence-corrected chi connectivity index (χ1v) is 8.76. The fraction of sp³-hybridized carbons (Fsp3) is 0.143. The van der Waals surface area contributed by atoms with Crippen molar-refractivity contribution in [3.05, 3.63) is 77.4 Å². The summed E-state index contributed by atoms with van der Waals surface area (Å²) in [6.45, 7) is 5.43. The lowest BCUT2D eigenvalue weighted by molar-refractivity contribution is -0.114. The molecular formula is C21H21N5O2. The number of carbonyl (C=O) groups excluding carboxylic acids is 2. The first kappa shape index (κ1) is 19.0. The van der Waals surface area contributed by atoms with Crippen LogP contribution in [0.1, 0.15) is 34.2 Å². The average Bonchev–Trinajstić information content (AvgIpc) is 2.96. The lowest BCUT2D eigenvalue weighted by Gasteiger charge is -2.08. The molecule has 2 amide bonds. The van der Waals surface area contributed by atoms with Gasteiger partial charge in [-0.05, 0) is 56.3 Å². The van der Waals surface area contributed by atoms with Gasteiger partial charge in [0.05, 0.1) is 18.1 Å². The summed E-state index contributed by atoms with van der Waals surface area (Å²) >= 11 is 0. The molecule has 3 rings (SSSR count). The number of anilines is 1. The SMILES string of the molecule is CC(=O)Nc1ccc(C(=O)NN=Cc2cc(C)n(-c3cccnc3)c2C)cc1. The topological polar surface area (TPSA) is 88.4 Å². The van der Waals surface area contributed by atoms with Gasteiger partial charge in [-0.1, -0.05) is 0 Å². The highest BCUT2D eigenvalue weighted by atomic mass is 16.2. The van der Waals surface area contributed by atoms with Crippen molar-refractivity contribution in [2.75, 3.05) is 5.32 Å². The lowest BCUT2D eigenvalue weighted by atomic mass is 10.2. The van der Waals surface area contributed by atoms with E-state index in [1.165, 1.54) is 6.92 Å². The highest BCUT2D eigenvalue weighted by Gasteiger charge is 2.10. The summed E-state index contributed by atoms with van der Waals surface area (Å²) in [7, 11) is 0. The van der Waals surface area contributed by atoms with Crippen LogP contribution in [-0.4, -0.2) is 27.6 Å². The molecule has 7 nitrogen and oxygen atoms in total. The van der Waals surface area contributed by atoms with Gasteiger partial charge in [-0.3, -0.25) is 14.6 Å². The van der Waals surface area contributed by atoms with Gasteiger partial charge in [0.25, 0.3) is 5.91 Å². The van der Waals surface area contributed by atoms with E-state index in [0.29, 0.717) is 11.3 Å². The highest BCUT2D eigenvalue weighted by Crippen LogP contribution is 2.18. The van der Waals surface area contributed by atoms with E-state index in [0.717, 1.165) is 22.6 Å². The summed E-state index contributed by atoms with van der Waals surface area (Å²) in [5.41, 5.74) is 7.54. The largest absolute Gasteiger partial charge is 0.326 e. The normalized spacial score (nSPS) is 10.8. The number of aryl methyl sites for hydroxylation is 1. The van der Waals surface area contributed by atoms with Crippen molar-refractivity contribution < 1.29 is 9.59 Å². The maximum Gasteiger partial charge on any atom is 0.271 e. The van der Waals surface area contributed by atoms with E-state index in [2.05, 4.69) is 25.4 Å². The van der Waals surface area contributed by atoms with Crippen LogP contribution in [0.5, 0.6) is 0 Å². The van der Waals surface area contributed by atoms with Gasteiger partial charge in [0.1, 0.15) is 0 Å². The second-order valence-electron chi connectivity index (χ2n) is 6.33. The van der Waals surface area contributed by atoms with Gasteiger partial charge in [-0.2, -0.15) is 5.10 Å². The van der Waals surface area contributed by atoms with Crippen molar-refractivity contribution in [3.8, 4) is 5.69 Å². The van der Waals surface area contributed by atoms with Gasteiger partial charge >= 0.3 is 0 Å². The van der Waals surface area contributed by atoms with Gasteiger partial charge in [0.2, 0.25) is 5.91 Å². The number of hydrogen-bond donors (Lipinski definition) is 2. The minimum absolute atomic E-state index is 0.161. The van der Waals surface area contributed by atoms with Crippen LogP contribution in [-0.2, 0) is 4.79 Å². The molecule has 28 heavy (non-hydrogen) atoms. The van der Waals surface area contributed by atoms with E-state index in [1.807, 2.05) is 32.0 Å². The number of hydrazone groups is 1. The number of pyridine rings is 1. The Kier molecular flexibility index (Phi) is 5.64. The molecule has 0 aliphatic rings. The minimum atomic E-state index is -0.327. The number of carbonyl (C=O) groups is 2. The van der Waals surface area contributed by atoms with Crippen LogP contribution in [0, 0.1) is 13.8 Å². The Morgan fingerprint density at radius 2 is 1.89 bits per heavy atom. The smallest absolute Gasteiger partial charge is 0.271 e. The first-order valence-electron chi connectivity index (χ1n) is 8.76. The second kappa shape index (κ2) is 8.30. The Morgan fingerprint density at radius 3 is 2.54 bits per heavy atom. The van der Waals surface area contributed by atoms with Crippen LogP contribution in [0.2, 0.25) is 0 Å². The molecule has 0 aliphatic carbocycles. The number of rotatable bonds is 5. The van der Waals surface area contributed by atoms with Crippen LogP contribution in [0.25, 0.3) is 5.69 Å². The molecule has 0 saturated heterocycles. The summed E-state index contributed by atoms with van der Waals surface area (Å²) in [4.78, 5) is 27.4. The zero-order valence-electron chi connectivity index (χ0n) is 15.9. The summed E-state index contributed by atoms with van der Waals surface area (Å²) < 4.78 is 2.08. The first-order chi connectivity index (χ1) is 13.5. The Morgan fingerprint density at radius 1 is 1.14 bits per heavy atom. The van der Waals surface area contributed by atoms with Gasteiger partial charge in [-0.25, -0.2) is 5.43 Å². The van der Waals surface area contributed by atoms with Crippen molar-refractivity contribution in [1.29, 1.82) is 0 Å². The third kappa shape index (κ3) is 4.32. The predicted molar refractivity (Wildman–Crippen MR) is 109 cm³/mol.